The van der Waals surface area contributed by atoms with Gasteiger partial charge in [-0.3, -0.25) is 9.78 Å². The number of nitrogen functional groups attached to an aromatic ring is 1. The van der Waals surface area contributed by atoms with E-state index in [4.69, 9.17) is 27.1 Å². The van der Waals surface area contributed by atoms with Crippen molar-refractivity contribution in [1.29, 1.82) is 0 Å². The maximum absolute atomic E-state index is 12.6. The highest BCUT2D eigenvalue weighted by Crippen LogP contribution is 2.27. The van der Waals surface area contributed by atoms with Crippen LogP contribution in [0.25, 0.3) is 22.3 Å². The highest BCUT2D eigenvalue weighted by molar-refractivity contribution is 6.30. The van der Waals surface area contributed by atoms with Crippen molar-refractivity contribution in [1.82, 2.24) is 24.8 Å². The van der Waals surface area contributed by atoms with E-state index in [9.17, 15) is 4.79 Å². The quantitative estimate of drug-likeness (QED) is 0.469. The number of nitrogens with zero attached hydrogens (tertiary/aromatic N) is 6. The molecule has 0 saturated carbocycles. The molecule has 1 aromatic carbocycles. The Balaban J connectivity index is 1.30. The van der Waals surface area contributed by atoms with E-state index in [-0.39, 0.29) is 18.5 Å². The zero-order valence-electron chi connectivity index (χ0n) is 18.3. The van der Waals surface area contributed by atoms with E-state index < -0.39 is 0 Å². The van der Waals surface area contributed by atoms with Crippen molar-refractivity contribution in [2.75, 3.05) is 43.4 Å². The molecule has 0 spiro atoms. The van der Waals surface area contributed by atoms with Crippen molar-refractivity contribution in [3.63, 3.8) is 0 Å². The second kappa shape index (κ2) is 9.48. The third-order valence-corrected chi connectivity index (χ3v) is 5.86. The predicted molar refractivity (Wildman–Crippen MR) is 131 cm³/mol. The number of piperazine rings is 1. The molecule has 10 heteroatoms. The number of nitrogens with two attached hydrogens (primary N) is 1. The van der Waals surface area contributed by atoms with Gasteiger partial charge in [-0.2, -0.15) is 4.98 Å². The van der Waals surface area contributed by atoms with Crippen molar-refractivity contribution in [2.24, 2.45) is 0 Å². The number of pyridine rings is 2. The first kappa shape index (κ1) is 21.8. The van der Waals surface area contributed by atoms with Gasteiger partial charge in [0, 0.05) is 49.2 Å². The molecule has 0 bridgehead atoms. The Kier molecular flexibility index (Phi) is 6.09. The average molecular weight is 476 g/mol. The van der Waals surface area contributed by atoms with Crippen molar-refractivity contribution < 1.29 is 9.53 Å². The summed E-state index contributed by atoms with van der Waals surface area (Å²) in [6.45, 7) is 2.24. The lowest BCUT2D eigenvalue weighted by Crippen LogP contribution is -2.50. The van der Waals surface area contributed by atoms with Crippen LogP contribution in [0.4, 0.5) is 11.8 Å². The van der Waals surface area contributed by atoms with Gasteiger partial charge in [0.25, 0.3) is 5.91 Å². The van der Waals surface area contributed by atoms with E-state index in [1.807, 2.05) is 24.3 Å². The fraction of sp³-hybridized carbons (Fsp3) is 0.208. The zero-order chi connectivity index (χ0) is 23.5. The fourth-order valence-electron chi connectivity index (χ4n) is 3.85. The molecule has 0 unspecified atom stereocenters. The monoisotopic (exact) mass is 475 g/mol. The Hall–Kier alpha value is -3.98. The summed E-state index contributed by atoms with van der Waals surface area (Å²) in [6.07, 6.45) is 3.49. The lowest BCUT2D eigenvalue weighted by Gasteiger charge is -2.35. The van der Waals surface area contributed by atoms with E-state index in [0.29, 0.717) is 53.8 Å². The Morgan fingerprint density at radius 2 is 1.79 bits per heavy atom. The fourth-order valence-corrected chi connectivity index (χ4v) is 3.97. The lowest BCUT2D eigenvalue weighted by atomic mass is 10.2. The Morgan fingerprint density at radius 3 is 2.53 bits per heavy atom. The van der Waals surface area contributed by atoms with Crippen LogP contribution in [0.5, 0.6) is 5.75 Å². The Labute approximate surface area is 201 Å². The number of carbonyl (C=O) groups excluding carboxylic acids is 1. The summed E-state index contributed by atoms with van der Waals surface area (Å²) in [5, 5.41) is 0.620. The summed E-state index contributed by atoms with van der Waals surface area (Å²) < 4.78 is 5.60. The third kappa shape index (κ3) is 4.69. The molecule has 2 N–H and O–H groups in total. The van der Waals surface area contributed by atoms with E-state index in [1.54, 1.807) is 41.6 Å². The van der Waals surface area contributed by atoms with Crippen LogP contribution >= 0.6 is 11.6 Å². The van der Waals surface area contributed by atoms with Crippen LogP contribution in [0.15, 0.2) is 60.9 Å². The molecule has 1 fully saturated rings. The zero-order valence-corrected chi connectivity index (χ0v) is 19.0. The molecule has 4 heterocycles. The molecule has 1 aliphatic rings. The number of hydrogen-bond donors (Lipinski definition) is 1. The molecule has 5 rings (SSSR count). The highest BCUT2D eigenvalue weighted by Gasteiger charge is 2.24. The molecule has 172 valence electrons. The van der Waals surface area contributed by atoms with Crippen LogP contribution < -0.4 is 15.4 Å². The SMILES string of the molecule is Nc1nc(N2CCN(C(=O)COc3ccc(Cl)cc3)CC2)c2nc(-c3cccnc3)ccc2n1. The smallest absolute Gasteiger partial charge is 0.260 e. The standard InChI is InChI=1S/C24H22ClN7O2/c25-17-3-5-18(6-4-17)34-15-21(33)31-10-12-32(13-11-31)23-22-20(29-24(26)30-23)8-7-19(28-22)16-2-1-9-27-14-16/h1-9,14H,10-13,15H2,(H2,26,29,30). The van der Waals surface area contributed by atoms with Crippen molar-refractivity contribution in [2.45, 2.75) is 0 Å². The van der Waals surface area contributed by atoms with E-state index >= 15 is 0 Å². The average Bonchev–Trinajstić information content (AvgIpc) is 2.88. The van der Waals surface area contributed by atoms with Gasteiger partial charge in [-0.05, 0) is 48.5 Å². The van der Waals surface area contributed by atoms with Gasteiger partial charge in [0.05, 0.1) is 11.2 Å². The van der Waals surface area contributed by atoms with Gasteiger partial charge in [0.15, 0.2) is 12.4 Å². The summed E-state index contributed by atoms with van der Waals surface area (Å²) in [4.78, 5) is 34.3. The first-order valence-corrected chi connectivity index (χ1v) is 11.2. The molecule has 0 radical (unpaired) electrons. The summed E-state index contributed by atoms with van der Waals surface area (Å²) in [5.74, 6) is 1.39. The molecule has 4 aromatic rings. The second-order valence-electron chi connectivity index (χ2n) is 7.82. The third-order valence-electron chi connectivity index (χ3n) is 5.61. The Bertz CT molecular complexity index is 1310. The molecule has 1 saturated heterocycles. The van der Waals surface area contributed by atoms with E-state index in [1.165, 1.54) is 0 Å². The topological polar surface area (TPSA) is 110 Å². The summed E-state index contributed by atoms with van der Waals surface area (Å²) in [6, 6.07) is 14.5. The molecule has 9 nitrogen and oxygen atoms in total. The number of benzene rings is 1. The number of ether oxygens (including phenoxy) is 1. The normalized spacial score (nSPS) is 13.8. The van der Waals surface area contributed by atoms with Crippen molar-refractivity contribution >= 4 is 40.3 Å². The molecule has 3 aromatic heterocycles. The predicted octanol–water partition coefficient (Wildman–Crippen LogP) is 3.05. The Morgan fingerprint density at radius 1 is 1.00 bits per heavy atom. The first-order chi connectivity index (χ1) is 16.6. The van der Waals surface area contributed by atoms with E-state index in [2.05, 4.69) is 19.9 Å². The minimum Gasteiger partial charge on any atom is -0.484 e. The molecule has 0 atom stereocenters. The number of aromatic nitrogens is 4. The molecule has 0 aliphatic carbocycles. The molecule has 1 amide bonds. The van der Waals surface area contributed by atoms with Crippen molar-refractivity contribution in [3.8, 4) is 17.0 Å². The van der Waals surface area contributed by atoms with Gasteiger partial charge in [0.1, 0.15) is 11.3 Å². The summed E-state index contributed by atoms with van der Waals surface area (Å²) >= 11 is 5.89. The maximum atomic E-state index is 12.6. The van der Waals surface area contributed by atoms with Crippen LogP contribution in [-0.4, -0.2) is 63.5 Å². The molecular formula is C24H22ClN7O2. The summed E-state index contributed by atoms with van der Waals surface area (Å²) in [5.41, 5.74) is 9.01. The molecule has 1 aliphatic heterocycles. The van der Waals surface area contributed by atoms with Crippen LogP contribution in [-0.2, 0) is 4.79 Å². The van der Waals surface area contributed by atoms with E-state index in [0.717, 1.165) is 11.3 Å². The molecular weight excluding hydrogens is 454 g/mol. The number of halogens is 1. The minimum atomic E-state index is -0.0707. The van der Waals surface area contributed by atoms with Gasteiger partial charge in [-0.15, -0.1) is 0 Å². The number of carbonyl (C=O) groups is 1. The van der Waals surface area contributed by atoms with Gasteiger partial charge < -0.3 is 20.3 Å². The minimum absolute atomic E-state index is 0.0267. The number of hydrogen-bond acceptors (Lipinski definition) is 8. The lowest BCUT2D eigenvalue weighted by molar-refractivity contribution is -0.133. The van der Waals surface area contributed by atoms with Gasteiger partial charge in [-0.25, -0.2) is 9.97 Å². The van der Waals surface area contributed by atoms with Crippen LogP contribution in [0, 0.1) is 0 Å². The molecule has 34 heavy (non-hydrogen) atoms. The number of rotatable bonds is 5. The number of fused-ring (bicyclic) bond motifs is 1. The van der Waals surface area contributed by atoms with Crippen LogP contribution in [0.1, 0.15) is 0 Å². The second-order valence-corrected chi connectivity index (χ2v) is 8.26. The van der Waals surface area contributed by atoms with Gasteiger partial charge in [-0.1, -0.05) is 11.6 Å². The van der Waals surface area contributed by atoms with Gasteiger partial charge >= 0.3 is 0 Å². The van der Waals surface area contributed by atoms with Crippen LogP contribution in [0.3, 0.4) is 0 Å². The number of anilines is 2. The van der Waals surface area contributed by atoms with Gasteiger partial charge in [0.2, 0.25) is 5.95 Å². The first-order valence-electron chi connectivity index (χ1n) is 10.8. The largest absolute Gasteiger partial charge is 0.484 e. The maximum Gasteiger partial charge on any atom is 0.260 e. The summed E-state index contributed by atoms with van der Waals surface area (Å²) in [7, 11) is 0. The number of amides is 1. The van der Waals surface area contributed by atoms with Crippen LogP contribution in [0.2, 0.25) is 5.02 Å². The van der Waals surface area contributed by atoms with Crippen molar-refractivity contribution in [3.05, 3.63) is 65.9 Å². The highest BCUT2D eigenvalue weighted by atomic mass is 35.5.